The third-order valence-corrected chi connectivity index (χ3v) is 1.75. The molecule has 0 N–H and O–H groups in total. The van der Waals surface area contributed by atoms with E-state index in [9.17, 15) is 18.0 Å². The molecule has 0 aromatic carbocycles. The number of nitrogens with zero attached hydrogens (tertiary/aromatic N) is 1. The van der Waals surface area contributed by atoms with Gasteiger partial charge in [-0.2, -0.15) is 13.2 Å². The van der Waals surface area contributed by atoms with Crippen LogP contribution in [0.1, 0.15) is 23.8 Å². The predicted molar refractivity (Wildman–Crippen MR) is 50.4 cm³/mol. The fraction of sp³-hybridized carbons (Fsp3) is 0.400. The van der Waals surface area contributed by atoms with Crippen molar-refractivity contribution in [2.45, 2.75) is 19.5 Å². The van der Waals surface area contributed by atoms with E-state index >= 15 is 0 Å². The second-order valence-corrected chi connectivity index (χ2v) is 3.15. The van der Waals surface area contributed by atoms with E-state index in [1.807, 2.05) is 0 Å². The zero-order valence-corrected chi connectivity index (χ0v) is 8.54. The van der Waals surface area contributed by atoms with Crippen LogP contribution in [0, 0.1) is 0 Å². The number of carbonyl (C=O) groups is 1. The molecule has 0 aliphatic heterocycles. The minimum atomic E-state index is -4.23. The Hall–Kier alpha value is -1.59. The van der Waals surface area contributed by atoms with Crippen LogP contribution in [0.5, 0.6) is 5.75 Å². The van der Waals surface area contributed by atoms with Crippen LogP contribution in [0.4, 0.5) is 13.2 Å². The third kappa shape index (κ3) is 4.29. The van der Waals surface area contributed by atoms with Gasteiger partial charge >= 0.3 is 6.18 Å². The van der Waals surface area contributed by atoms with E-state index < -0.39 is 19.2 Å². The molecule has 0 aliphatic carbocycles. The van der Waals surface area contributed by atoms with Crippen LogP contribution in [-0.4, -0.2) is 23.6 Å². The number of aromatic nitrogens is 1. The van der Waals surface area contributed by atoms with E-state index in [2.05, 4.69) is 4.98 Å². The number of ketones is 1. The first-order chi connectivity index (χ1) is 7.38. The normalized spacial score (nSPS) is 11.2. The Morgan fingerprint density at radius 1 is 1.44 bits per heavy atom. The molecule has 0 fully saturated rings. The number of rotatable bonds is 4. The number of alkyl halides is 3. The molecule has 0 saturated heterocycles. The van der Waals surface area contributed by atoms with Crippen molar-refractivity contribution in [2.75, 3.05) is 6.61 Å². The van der Waals surface area contributed by atoms with Crippen molar-refractivity contribution >= 4 is 5.78 Å². The van der Waals surface area contributed by atoms with Gasteiger partial charge in [-0.25, -0.2) is 4.98 Å². The van der Waals surface area contributed by atoms with Crippen LogP contribution in [0.2, 0.25) is 0 Å². The van der Waals surface area contributed by atoms with Crippen LogP contribution in [0.3, 0.4) is 0 Å². The lowest BCUT2D eigenvalue weighted by molar-refractivity contribution is -0.139. The molecule has 6 heteroatoms. The summed E-state index contributed by atoms with van der Waals surface area (Å²) in [5.41, 5.74) is 0.253. The molecule has 1 heterocycles. The average molecular weight is 233 g/mol. The maximum Gasteiger partial charge on any atom is 0.392 e. The van der Waals surface area contributed by atoms with Crippen LogP contribution >= 0.6 is 0 Å². The molecule has 0 radical (unpaired) electrons. The van der Waals surface area contributed by atoms with E-state index in [4.69, 9.17) is 4.74 Å². The SMILES string of the molecule is CC(=O)c1ccc(OCCC(F)(F)F)cn1. The van der Waals surface area contributed by atoms with E-state index in [-0.39, 0.29) is 17.2 Å². The highest BCUT2D eigenvalue weighted by atomic mass is 19.4. The van der Waals surface area contributed by atoms with Gasteiger partial charge in [-0.3, -0.25) is 4.79 Å². The summed E-state index contributed by atoms with van der Waals surface area (Å²) in [6.07, 6.45) is -4.01. The van der Waals surface area contributed by atoms with Gasteiger partial charge in [0.15, 0.2) is 5.78 Å². The Morgan fingerprint density at radius 2 is 2.12 bits per heavy atom. The molecule has 0 saturated carbocycles. The topological polar surface area (TPSA) is 39.2 Å². The van der Waals surface area contributed by atoms with Crippen LogP contribution < -0.4 is 4.74 Å². The molecular weight excluding hydrogens is 223 g/mol. The molecule has 0 spiro atoms. The summed E-state index contributed by atoms with van der Waals surface area (Å²) in [5.74, 6) is 0.0103. The van der Waals surface area contributed by atoms with Crippen molar-refractivity contribution in [1.29, 1.82) is 0 Å². The van der Waals surface area contributed by atoms with Gasteiger partial charge in [-0.05, 0) is 12.1 Å². The molecule has 0 aliphatic rings. The van der Waals surface area contributed by atoms with Gasteiger partial charge in [0.2, 0.25) is 0 Å². The maximum absolute atomic E-state index is 11.8. The van der Waals surface area contributed by atoms with Crippen molar-refractivity contribution in [3.05, 3.63) is 24.0 Å². The lowest BCUT2D eigenvalue weighted by atomic mass is 10.3. The molecule has 1 aromatic heterocycles. The molecule has 88 valence electrons. The smallest absolute Gasteiger partial charge is 0.392 e. The molecule has 0 atom stereocenters. The van der Waals surface area contributed by atoms with Crippen molar-refractivity contribution in [1.82, 2.24) is 4.98 Å². The largest absolute Gasteiger partial charge is 0.492 e. The monoisotopic (exact) mass is 233 g/mol. The number of ether oxygens (including phenoxy) is 1. The molecule has 0 unspecified atom stereocenters. The fourth-order valence-corrected chi connectivity index (χ4v) is 0.959. The van der Waals surface area contributed by atoms with E-state index in [0.717, 1.165) is 0 Å². The van der Waals surface area contributed by atoms with Crippen molar-refractivity contribution in [3.63, 3.8) is 0 Å². The van der Waals surface area contributed by atoms with E-state index in [1.54, 1.807) is 0 Å². The average Bonchev–Trinajstić information content (AvgIpc) is 2.16. The standard InChI is InChI=1S/C10H10F3NO2/c1-7(15)9-3-2-8(6-14-9)16-5-4-10(11,12)13/h2-3,6H,4-5H2,1H3. The Morgan fingerprint density at radius 3 is 2.56 bits per heavy atom. The lowest BCUT2D eigenvalue weighted by Crippen LogP contribution is -2.13. The zero-order valence-electron chi connectivity index (χ0n) is 8.54. The van der Waals surface area contributed by atoms with Crippen LogP contribution in [0.25, 0.3) is 0 Å². The van der Waals surface area contributed by atoms with Crippen LogP contribution in [0.15, 0.2) is 18.3 Å². The molecule has 1 aromatic rings. The molecule has 0 amide bonds. The number of pyridine rings is 1. The zero-order chi connectivity index (χ0) is 12.2. The number of carbonyl (C=O) groups excluding carboxylic acids is 1. The predicted octanol–water partition coefficient (Wildman–Crippen LogP) is 2.62. The molecule has 0 bridgehead atoms. The lowest BCUT2D eigenvalue weighted by Gasteiger charge is -2.08. The van der Waals surface area contributed by atoms with Crippen LogP contribution in [-0.2, 0) is 0 Å². The highest BCUT2D eigenvalue weighted by molar-refractivity contribution is 5.92. The third-order valence-electron chi connectivity index (χ3n) is 1.75. The summed E-state index contributed by atoms with van der Waals surface area (Å²) in [6.45, 7) is 0.900. The number of hydrogen-bond donors (Lipinski definition) is 0. The Kier molecular flexibility index (Phi) is 3.87. The summed E-state index contributed by atoms with van der Waals surface area (Å²) in [5, 5.41) is 0. The van der Waals surface area contributed by atoms with Gasteiger partial charge in [-0.15, -0.1) is 0 Å². The second kappa shape index (κ2) is 4.96. The van der Waals surface area contributed by atoms with Gasteiger partial charge < -0.3 is 4.74 Å². The molecule has 3 nitrogen and oxygen atoms in total. The Labute approximate surface area is 90.2 Å². The van der Waals surface area contributed by atoms with Gasteiger partial charge in [0.1, 0.15) is 11.4 Å². The summed E-state index contributed by atoms with van der Waals surface area (Å²) < 4.78 is 40.2. The van der Waals surface area contributed by atoms with Crippen molar-refractivity contribution < 1.29 is 22.7 Å². The minimum Gasteiger partial charge on any atom is -0.492 e. The number of Topliss-reactive ketones (excluding diaryl/α,β-unsaturated/α-hetero) is 1. The number of halogens is 3. The first-order valence-electron chi connectivity index (χ1n) is 4.55. The highest BCUT2D eigenvalue weighted by Gasteiger charge is 2.26. The first-order valence-corrected chi connectivity index (χ1v) is 4.55. The number of hydrogen-bond acceptors (Lipinski definition) is 3. The first kappa shape index (κ1) is 12.5. The molecule has 16 heavy (non-hydrogen) atoms. The van der Waals surface area contributed by atoms with E-state index in [1.165, 1.54) is 25.3 Å². The van der Waals surface area contributed by atoms with Gasteiger partial charge in [-0.1, -0.05) is 0 Å². The fourth-order valence-electron chi connectivity index (χ4n) is 0.959. The quantitative estimate of drug-likeness (QED) is 0.750. The summed E-state index contributed by atoms with van der Waals surface area (Å²) >= 11 is 0. The van der Waals surface area contributed by atoms with Gasteiger partial charge in [0.25, 0.3) is 0 Å². The molecular formula is C10H10F3NO2. The van der Waals surface area contributed by atoms with Crippen molar-refractivity contribution in [3.8, 4) is 5.75 Å². The highest BCUT2D eigenvalue weighted by Crippen LogP contribution is 2.20. The summed E-state index contributed by atoms with van der Waals surface area (Å²) in [6, 6.07) is 2.82. The minimum absolute atomic E-state index is 0.207. The van der Waals surface area contributed by atoms with E-state index in [0.29, 0.717) is 0 Å². The summed E-state index contributed by atoms with van der Waals surface area (Å²) in [4.78, 5) is 14.6. The second-order valence-electron chi connectivity index (χ2n) is 3.15. The Bertz CT molecular complexity index is 359. The van der Waals surface area contributed by atoms with Gasteiger partial charge in [0, 0.05) is 6.92 Å². The summed E-state index contributed by atoms with van der Waals surface area (Å²) in [7, 11) is 0. The Balaban J connectivity index is 2.47. The maximum atomic E-state index is 11.8. The van der Waals surface area contributed by atoms with Gasteiger partial charge in [0.05, 0.1) is 19.2 Å². The molecule has 1 rings (SSSR count). The van der Waals surface area contributed by atoms with Crippen molar-refractivity contribution in [2.24, 2.45) is 0 Å².